The molecule has 1 unspecified atom stereocenters. The Hall–Kier alpha value is -2.25. The van der Waals surface area contributed by atoms with E-state index in [1.54, 1.807) is 35.5 Å². The highest BCUT2D eigenvalue weighted by atomic mass is 32.1. The van der Waals surface area contributed by atoms with Crippen LogP contribution in [0.2, 0.25) is 0 Å². The second-order valence-electron chi connectivity index (χ2n) is 7.97. The third-order valence-corrected chi connectivity index (χ3v) is 7.13. The molecule has 2 heterocycles. The molecule has 1 fully saturated rings. The van der Waals surface area contributed by atoms with Gasteiger partial charge in [0.15, 0.2) is 0 Å². The Morgan fingerprint density at radius 2 is 2.00 bits per heavy atom. The summed E-state index contributed by atoms with van der Waals surface area (Å²) in [6.07, 6.45) is 3.67. The topological polar surface area (TPSA) is 49.9 Å². The summed E-state index contributed by atoms with van der Waals surface area (Å²) in [5, 5.41) is 2.04. The summed E-state index contributed by atoms with van der Waals surface area (Å²) in [6, 6.07) is 8.16. The first kappa shape index (κ1) is 21.0. The van der Waals surface area contributed by atoms with E-state index in [4.69, 9.17) is 4.74 Å². The van der Waals surface area contributed by atoms with Gasteiger partial charge < -0.3 is 14.5 Å². The molecule has 4 rings (SSSR count). The number of halogens is 1. The maximum absolute atomic E-state index is 13.5. The molecule has 1 atom stereocenters. The number of carbonyl (C=O) groups excluding carboxylic acids is 2. The van der Waals surface area contributed by atoms with Crippen molar-refractivity contribution >= 4 is 23.2 Å². The highest BCUT2D eigenvalue weighted by molar-refractivity contribution is 7.10. The van der Waals surface area contributed by atoms with Crippen LogP contribution in [0.25, 0.3) is 0 Å². The van der Waals surface area contributed by atoms with E-state index in [0.29, 0.717) is 19.7 Å². The quantitative estimate of drug-likeness (QED) is 0.674. The average molecular weight is 431 g/mol. The van der Waals surface area contributed by atoms with Crippen molar-refractivity contribution in [2.45, 2.75) is 31.7 Å². The Morgan fingerprint density at radius 3 is 2.67 bits per heavy atom. The molecular formula is C23H27FN2O3S. The van der Waals surface area contributed by atoms with Crippen LogP contribution in [-0.2, 0) is 20.7 Å². The average Bonchev–Trinajstić information content (AvgIpc) is 3.18. The van der Waals surface area contributed by atoms with Gasteiger partial charge in [0, 0.05) is 31.0 Å². The van der Waals surface area contributed by atoms with Gasteiger partial charge >= 0.3 is 0 Å². The van der Waals surface area contributed by atoms with Gasteiger partial charge in [-0.05, 0) is 54.0 Å². The largest absolute Gasteiger partial charge is 0.383 e. The fourth-order valence-electron chi connectivity index (χ4n) is 4.23. The molecule has 1 aliphatic carbocycles. The van der Waals surface area contributed by atoms with Crippen LogP contribution in [0.3, 0.4) is 0 Å². The standard InChI is InChI=1S/C23H27FN2O3S/c1-29-13-12-25(23(28)17-3-2-4-17)15-21(27)26-11-9-20-19(10-14-30-20)22(26)16-5-7-18(24)8-6-16/h5-8,10,14,17,22H,2-4,9,11-13,15H2,1H3. The summed E-state index contributed by atoms with van der Waals surface area (Å²) in [4.78, 5) is 31.0. The molecule has 5 nitrogen and oxygen atoms in total. The van der Waals surface area contributed by atoms with Gasteiger partial charge in [-0.2, -0.15) is 0 Å². The zero-order valence-corrected chi connectivity index (χ0v) is 18.0. The summed E-state index contributed by atoms with van der Waals surface area (Å²) >= 11 is 1.69. The number of carbonyl (C=O) groups is 2. The molecule has 0 bridgehead atoms. The first-order chi connectivity index (χ1) is 14.6. The van der Waals surface area contributed by atoms with E-state index in [9.17, 15) is 14.0 Å². The number of ether oxygens (including phenoxy) is 1. The number of benzene rings is 1. The summed E-state index contributed by atoms with van der Waals surface area (Å²) in [5.74, 6) is -0.287. The predicted octanol–water partition coefficient (Wildman–Crippen LogP) is 3.64. The van der Waals surface area contributed by atoms with E-state index in [0.717, 1.165) is 36.8 Å². The number of thiophene rings is 1. The Kier molecular flexibility index (Phi) is 6.49. The van der Waals surface area contributed by atoms with E-state index in [1.165, 1.54) is 17.0 Å². The molecule has 0 spiro atoms. The van der Waals surface area contributed by atoms with Crippen LogP contribution in [0.5, 0.6) is 0 Å². The Balaban J connectivity index is 1.57. The number of hydrogen-bond acceptors (Lipinski definition) is 4. The minimum atomic E-state index is -0.296. The van der Waals surface area contributed by atoms with Gasteiger partial charge in [0.25, 0.3) is 0 Å². The molecule has 1 saturated carbocycles. The number of fused-ring (bicyclic) bond motifs is 1. The molecule has 0 N–H and O–H groups in total. The van der Waals surface area contributed by atoms with E-state index < -0.39 is 0 Å². The fourth-order valence-corrected chi connectivity index (χ4v) is 5.13. The molecule has 0 saturated heterocycles. The SMILES string of the molecule is COCCN(CC(=O)N1CCc2sccc2C1c1ccc(F)cc1)C(=O)C1CCC1. The van der Waals surface area contributed by atoms with E-state index in [-0.39, 0.29) is 36.1 Å². The first-order valence-corrected chi connectivity index (χ1v) is 11.4. The van der Waals surface area contributed by atoms with Gasteiger partial charge in [0.2, 0.25) is 11.8 Å². The lowest BCUT2D eigenvalue weighted by atomic mass is 9.84. The predicted molar refractivity (Wildman–Crippen MR) is 114 cm³/mol. The molecule has 2 amide bonds. The van der Waals surface area contributed by atoms with Gasteiger partial charge in [-0.15, -0.1) is 11.3 Å². The van der Waals surface area contributed by atoms with Crippen LogP contribution in [0.4, 0.5) is 4.39 Å². The molecule has 160 valence electrons. The van der Waals surface area contributed by atoms with Crippen molar-refractivity contribution in [3.05, 3.63) is 57.5 Å². The first-order valence-electron chi connectivity index (χ1n) is 10.5. The maximum atomic E-state index is 13.5. The zero-order chi connectivity index (χ0) is 21.1. The molecule has 7 heteroatoms. The summed E-state index contributed by atoms with van der Waals surface area (Å²) in [7, 11) is 1.60. The normalized spacial score (nSPS) is 18.6. The van der Waals surface area contributed by atoms with Crippen molar-refractivity contribution in [2.75, 3.05) is 33.4 Å². The molecule has 2 aliphatic rings. The second kappa shape index (κ2) is 9.27. The molecule has 30 heavy (non-hydrogen) atoms. The highest BCUT2D eigenvalue weighted by Crippen LogP contribution is 2.38. The Morgan fingerprint density at radius 1 is 1.23 bits per heavy atom. The summed E-state index contributed by atoms with van der Waals surface area (Å²) in [5.41, 5.74) is 1.98. The highest BCUT2D eigenvalue weighted by Gasteiger charge is 2.35. The lowest BCUT2D eigenvalue weighted by molar-refractivity contribution is -0.146. The van der Waals surface area contributed by atoms with E-state index in [2.05, 4.69) is 6.07 Å². The monoisotopic (exact) mass is 430 g/mol. The molecule has 1 aromatic heterocycles. The molecule has 0 radical (unpaired) electrons. The van der Waals surface area contributed by atoms with Crippen LogP contribution >= 0.6 is 11.3 Å². The van der Waals surface area contributed by atoms with Crippen molar-refractivity contribution in [3.8, 4) is 0 Å². The van der Waals surface area contributed by atoms with Crippen molar-refractivity contribution in [2.24, 2.45) is 5.92 Å². The van der Waals surface area contributed by atoms with Gasteiger partial charge in [-0.3, -0.25) is 9.59 Å². The van der Waals surface area contributed by atoms with Crippen molar-refractivity contribution < 1.29 is 18.7 Å². The summed E-state index contributed by atoms with van der Waals surface area (Å²) in [6.45, 7) is 1.46. The van der Waals surface area contributed by atoms with Gasteiger partial charge in [-0.1, -0.05) is 18.6 Å². The van der Waals surface area contributed by atoms with E-state index >= 15 is 0 Å². The van der Waals surface area contributed by atoms with Crippen LogP contribution in [-0.4, -0.2) is 55.0 Å². The van der Waals surface area contributed by atoms with Crippen molar-refractivity contribution in [3.63, 3.8) is 0 Å². The molecule has 1 aromatic carbocycles. The third kappa shape index (κ3) is 4.27. The zero-order valence-electron chi connectivity index (χ0n) is 17.2. The molecule has 1 aliphatic heterocycles. The number of methoxy groups -OCH3 is 1. The van der Waals surface area contributed by atoms with Gasteiger partial charge in [-0.25, -0.2) is 4.39 Å². The maximum Gasteiger partial charge on any atom is 0.242 e. The number of nitrogens with zero attached hydrogens (tertiary/aromatic N) is 2. The van der Waals surface area contributed by atoms with Crippen LogP contribution in [0.1, 0.15) is 41.3 Å². The number of amides is 2. The van der Waals surface area contributed by atoms with Crippen molar-refractivity contribution in [1.82, 2.24) is 9.80 Å². The summed E-state index contributed by atoms with van der Waals surface area (Å²) < 4.78 is 18.7. The minimum absolute atomic E-state index is 0.0346. The Labute approximate surface area is 180 Å². The van der Waals surface area contributed by atoms with Crippen molar-refractivity contribution in [1.29, 1.82) is 0 Å². The number of hydrogen-bond donors (Lipinski definition) is 0. The molecular weight excluding hydrogens is 403 g/mol. The number of rotatable bonds is 7. The third-order valence-electron chi connectivity index (χ3n) is 6.13. The van der Waals surface area contributed by atoms with E-state index in [1.807, 2.05) is 10.3 Å². The fraction of sp³-hybridized carbons (Fsp3) is 0.478. The smallest absolute Gasteiger partial charge is 0.242 e. The lowest BCUT2D eigenvalue weighted by Gasteiger charge is -2.38. The Bertz CT molecular complexity index is 894. The van der Waals surface area contributed by atoms with Crippen LogP contribution in [0.15, 0.2) is 35.7 Å². The lowest BCUT2D eigenvalue weighted by Crippen LogP contribution is -2.49. The van der Waals surface area contributed by atoms with Gasteiger partial charge in [0.05, 0.1) is 19.2 Å². The minimum Gasteiger partial charge on any atom is -0.383 e. The van der Waals surface area contributed by atoms with Crippen LogP contribution < -0.4 is 0 Å². The molecule has 2 aromatic rings. The second-order valence-corrected chi connectivity index (χ2v) is 8.97. The van der Waals surface area contributed by atoms with Crippen LogP contribution in [0, 0.1) is 11.7 Å². The van der Waals surface area contributed by atoms with Gasteiger partial charge in [0.1, 0.15) is 5.82 Å².